The predicted octanol–water partition coefficient (Wildman–Crippen LogP) is -0.739. The summed E-state index contributed by atoms with van der Waals surface area (Å²) in [4.78, 5) is 24.4. The van der Waals surface area contributed by atoms with Gasteiger partial charge in [-0.05, 0) is 30.2 Å². The van der Waals surface area contributed by atoms with Crippen molar-refractivity contribution in [1.82, 2.24) is 0 Å². The molecule has 37 heavy (non-hydrogen) atoms. The van der Waals surface area contributed by atoms with E-state index in [0.717, 1.165) is 6.26 Å². The highest BCUT2D eigenvalue weighted by Gasteiger charge is 2.49. The Morgan fingerprint density at radius 3 is 2.54 bits per heavy atom. The zero-order valence-electron chi connectivity index (χ0n) is 19.7. The lowest BCUT2D eigenvalue weighted by Crippen LogP contribution is -2.60. The van der Waals surface area contributed by atoms with E-state index in [-0.39, 0.29) is 35.7 Å². The summed E-state index contributed by atoms with van der Waals surface area (Å²) in [5.74, 6) is -3.36. The van der Waals surface area contributed by atoms with E-state index >= 15 is 0 Å². The number of rotatable bonds is 8. The third kappa shape index (κ3) is 5.28. The number of carbonyl (C=O) groups is 2. The second-order valence-corrected chi connectivity index (χ2v) is 8.83. The first-order valence-corrected chi connectivity index (χ1v) is 11.4. The molecule has 0 bridgehead atoms. The Hall–Kier alpha value is -3.20. The summed E-state index contributed by atoms with van der Waals surface area (Å²) in [7, 11) is 1.33. The number of carboxylic acid groups (broad SMARTS) is 1. The molecule has 2 heterocycles. The highest BCUT2D eigenvalue weighted by Crippen LogP contribution is 2.44. The minimum absolute atomic E-state index is 0.0282. The molecule has 2 aliphatic heterocycles. The lowest BCUT2D eigenvalue weighted by Gasteiger charge is -2.42. The van der Waals surface area contributed by atoms with E-state index in [1.54, 1.807) is 6.08 Å². The predicted molar refractivity (Wildman–Crippen MR) is 120 cm³/mol. The van der Waals surface area contributed by atoms with Crippen LogP contribution >= 0.6 is 0 Å². The summed E-state index contributed by atoms with van der Waals surface area (Å²) in [6.45, 7) is -0.900. The summed E-state index contributed by atoms with van der Waals surface area (Å²) < 4.78 is 27.1. The Labute approximate surface area is 210 Å². The molecule has 202 valence electrons. The van der Waals surface area contributed by atoms with Gasteiger partial charge in [-0.25, -0.2) is 9.59 Å². The summed E-state index contributed by atoms with van der Waals surface area (Å²) in [6, 6.07) is 3.94. The lowest BCUT2D eigenvalue weighted by atomic mass is 9.83. The zero-order valence-corrected chi connectivity index (χ0v) is 19.7. The second-order valence-electron chi connectivity index (χ2n) is 8.83. The Balaban J connectivity index is 1.50. The third-order valence-corrected chi connectivity index (χ3v) is 6.67. The number of fused-ring (bicyclic) bond motifs is 1. The van der Waals surface area contributed by atoms with Crippen LogP contribution in [0.15, 0.2) is 41.7 Å². The Kier molecular flexibility index (Phi) is 8.02. The van der Waals surface area contributed by atoms with Gasteiger partial charge in [0, 0.05) is 5.92 Å². The Bertz CT molecular complexity index is 1080. The molecule has 1 aliphatic carbocycles. The first-order valence-electron chi connectivity index (χ1n) is 11.4. The van der Waals surface area contributed by atoms with Crippen LogP contribution in [0.4, 0.5) is 0 Å². The van der Waals surface area contributed by atoms with Crippen molar-refractivity contribution in [3.8, 4) is 11.5 Å². The van der Waals surface area contributed by atoms with Gasteiger partial charge in [0.1, 0.15) is 31.0 Å². The summed E-state index contributed by atoms with van der Waals surface area (Å²) in [5.41, 5.74) is 0.579. The fourth-order valence-corrected chi connectivity index (χ4v) is 4.65. The number of aliphatic hydroxyl groups excluding tert-OH is 4. The van der Waals surface area contributed by atoms with E-state index in [4.69, 9.17) is 23.7 Å². The van der Waals surface area contributed by atoms with Crippen LogP contribution in [0.1, 0.15) is 16.8 Å². The Morgan fingerprint density at radius 2 is 1.86 bits per heavy atom. The number of aliphatic hydroxyl groups is 4. The lowest BCUT2D eigenvalue weighted by molar-refractivity contribution is -0.339. The maximum Gasteiger partial charge on any atom is 0.338 e. The summed E-state index contributed by atoms with van der Waals surface area (Å²) in [5, 5.41) is 59.2. The largest absolute Gasteiger partial charge is 0.504 e. The van der Waals surface area contributed by atoms with Crippen LogP contribution in [0.3, 0.4) is 0 Å². The fraction of sp³-hybridized carbons (Fsp3) is 0.500. The van der Waals surface area contributed by atoms with Gasteiger partial charge in [0.2, 0.25) is 6.29 Å². The van der Waals surface area contributed by atoms with Gasteiger partial charge in [-0.1, -0.05) is 6.08 Å². The fourth-order valence-electron chi connectivity index (χ4n) is 4.65. The quantitative estimate of drug-likeness (QED) is 0.184. The zero-order chi connectivity index (χ0) is 26.9. The van der Waals surface area contributed by atoms with Gasteiger partial charge in [-0.2, -0.15) is 0 Å². The SMILES string of the molecule is COc1cc(C(=O)OCC2=CC[C@@H]3C(C(=O)O)=CO[C@@H](O[C@@H]4O[C@H](CO)[C@@H](O)[C@H](O)[C@H]4O)[C@@H]23)ccc1O. The minimum Gasteiger partial charge on any atom is -0.504 e. The molecule has 13 heteroatoms. The summed E-state index contributed by atoms with van der Waals surface area (Å²) in [6.07, 6.45) is -5.89. The van der Waals surface area contributed by atoms with Crippen molar-refractivity contribution in [2.24, 2.45) is 11.8 Å². The average Bonchev–Trinajstić information content (AvgIpc) is 3.32. The number of phenolic OH excluding ortho intramolecular Hbond substituents is 1. The van der Waals surface area contributed by atoms with Crippen molar-refractivity contribution < 1.29 is 63.9 Å². The van der Waals surface area contributed by atoms with Gasteiger partial charge in [0.05, 0.1) is 37.0 Å². The molecule has 4 rings (SSSR count). The molecule has 1 aromatic carbocycles. The molecule has 3 aliphatic rings. The highest BCUT2D eigenvalue weighted by atomic mass is 16.8. The number of carbonyl (C=O) groups excluding carboxylic acids is 1. The number of ether oxygens (including phenoxy) is 5. The van der Waals surface area contributed by atoms with E-state index in [9.17, 15) is 40.2 Å². The first-order chi connectivity index (χ1) is 17.7. The second kappa shape index (κ2) is 11.0. The van der Waals surface area contributed by atoms with Gasteiger partial charge < -0.3 is 54.3 Å². The number of benzene rings is 1. The standard InChI is InChI=1S/C24H28O13/c1-33-15-6-10(3-5-14(15)26)22(32)34-8-11-2-4-12-13(21(30)31)9-35-23(17(11)12)37-24-20(29)19(28)18(27)16(7-25)36-24/h2-3,5-6,9,12,16-20,23-29H,4,7-8H2,1H3,(H,30,31)/t12-,16-,17+,18-,19+,20-,23+,24+/m1/s1. The van der Waals surface area contributed by atoms with Crippen molar-refractivity contribution in [2.75, 3.05) is 20.3 Å². The molecule has 1 fully saturated rings. The molecule has 1 aromatic rings. The molecular weight excluding hydrogens is 496 g/mol. The van der Waals surface area contributed by atoms with E-state index in [1.165, 1.54) is 25.3 Å². The van der Waals surface area contributed by atoms with Gasteiger partial charge in [-0.3, -0.25) is 0 Å². The van der Waals surface area contributed by atoms with Crippen LogP contribution in [0.2, 0.25) is 0 Å². The minimum atomic E-state index is -1.69. The molecule has 0 radical (unpaired) electrons. The molecule has 13 nitrogen and oxygen atoms in total. The van der Waals surface area contributed by atoms with E-state index < -0.39 is 67.4 Å². The number of esters is 1. The van der Waals surface area contributed by atoms with Crippen LogP contribution in [-0.2, 0) is 23.7 Å². The third-order valence-electron chi connectivity index (χ3n) is 6.67. The Morgan fingerprint density at radius 1 is 1.11 bits per heavy atom. The average molecular weight is 524 g/mol. The smallest absolute Gasteiger partial charge is 0.338 e. The first kappa shape index (κ1) is 26.9. The van der Waals surface area contributed by atoms with Gasteiger partial charge in [-0.15, -0.1) is 0 Å². The van der Waals surface area contributed by atoms with E-state index in [1.807, 2.05) is 0 Å². The highest BCUT2D eigenvalue weighted by molar-refractivity contribution is 5.90. The van der Waals surface area contributed by atoms with Crippen LogP contribution < -0.4 is 4.74 Å². The maximum atomic E-state index is 12.6. The van der Waals surface area contributed by atoms with Crippen molar-refractivity contribution in [1.29, 1.82) is 0 Å². The molecule has 6 N–H and O–H groups in total. The molecule has 0 saturated carbocycles. The van der Waals surface area contributed by atoms with Gasteiger partial charge >= 0.3 is 11.9 Å². The van der Waals surface area contributed by atoms with Crippen LogP contribution in [0.5, 0.6) is 11.5 Å². The number of aromatic hydroxyl groups is 1. The van der Waals surface area contributed by atoms with Crippen LogP contribution in [0, 0.1) is 11.8 Å². The monoisotopic (exact) mass is 524 g/mol. The van der Waals surface area contributed by atoms with Crippen LogP contribution in [-0.4, -0.2) is 99.9 Å². The molecule has 1 saturated heterocycles. The number of hydrogen-bond acceptors (Lipinski definition) is 12. The topological polar surface area (TPSA) is 202 Å². The van der Waals surface area contributed by atoms with E-state index in [0.29, 0.717) is 5.57 Å². The normalized spacial score (nSPS) is 33.0. The molecular formula is C24H28O13. The van der Waals surface area contributed by atoms with Gasteiger partial charge in [0.15, 0.2) is 17.8 Å². The van der Waals surface area contributed by atoms with Crippen LogP contribution in [0.25, 0.3) is 0 Å². The molecule has 0 aromatic heterocycles. The number of aliphatic carboxylic acids is 1. The van der Waals surface area contributed by atoms with Crippen molar-refractivity contribution >= 4 is 11.9 Å². The summed E-state index contributed by atoms with van der Waals surface area (Å²) >= 11 is 0. The van der Waals surface area contributed by atoms with Crippen molar-refractivity contribution in [3.63, 3.8) is 0 Å². The molecule has 8 atom stereocenters. The van der Waals surface area contributed by atoms with E-state index in [2.05, 4.69) is 0 Å². The van der Waals surface area contributed by atoms with Crippen molar-refractivity contribution in [3.05, 3.63) is 47.2 Å². The number of phenols is 1. The number of allylic oxidation sites excluding steroid dienone is 1. The molecule has 0 spiro atoms. The van der Waals surface area contributed by atoms with Crippen molar-refractivity contribution in [2.45, 2.75) is 43.4 Å². The molecule has 0 amide bonds. The number of methoxy groups -OCH3 is 1. The number of carboxylic acids is 1. The number of hydrogen-bond donors (Lipinski definition) is 6. The maximum absolute atomic E-state index is 12.6. The molecule has 0 unspecified atom stereocenters. The van der Waals surface area contributed by atoms with Gasteiger partial charge in [0.25, 0.3) is 0 Å².